The Balaban J connectivity index is 1.79. The molecule has 102 valence electrons. The third-order valence-corrected chi connectivity index (χ3v) is 3.83. The second-order valence-electron chi connectivity index (χ2n) is 4.69. The largest absolute Gasteiger partial charge is 0.338 e. The fourth-order valence-corrected chi connectivity index (χ4v) is 2.61. The Kier molecular flexibility index (Phi) is 3.64. The molecule has 0 saturated heterocycles. The molecule has 0 N–H and O–H groups in total. The number of rotatable bonds is 4. The van der Waals surface area contributed by atoms with Crippen molar-refractivity contribution in [1.82, 2.24) is 20.1 Å². The maximum absolute atomic E-state index is 5.23. The van der Waals surface area contributed by atoms with Crippen LogP contribution in [0.15, 0.2) is 40.1 Å². The lowest BCUT2D eigenvalue weighted by Crippen LogP contribution is -1.91. The van der Waals surface area contributed by atoms with Gasteiger partial charge in [0, 0.05) is 11.3 Å². The van der Waals surface area contributed by atoms with Crippen LogP contribution < -0.4 is 0 Å². The van der Waals surface area contributed by atoms with Gasteiger partial charge in [0.25, 0.3) is 0 Å². The summed E-state index contributed by atoms with van der Waals surface area (Å²) in [5.41, 5.74) is 0.943. The number of nitrogens with zero attached hydrogens (tertiary/aromatic N) is 4. The third-order valence-electron chi connectivity index (χ3n) is 2.84. The third kappa shape index (κ3) is 2.65. The van der Waals surface area contributed by atoms with Gasteiger partial charge in [-0.05, 0) is 6.07 Å². The molecule has 0 saturated carbocycles. The highest BCUT2D eigenvalue weighted by Gasteiger charge is 2.11. The summed E-state index contributed by atoms with van der Waals surface area (Å²) in [4.78, 5) is 12.9. The molecule has 0 fully saturated rings. The monoisotopic (exact) mass is 286 g/mol. The first-order chi connectivity index (χ1) is 9.74. The Bertz CT molecular complexity index is 721. The lowest BCUT2D eigenvalue weighted by atomic mass is 10.2. The number of fused-ring (bicyclic) bond motifs is 1. The highest BCUT2D eigenvalue weighted by atomic mass is 32.2. The van der Waals surface area contributed by atoms with Crippen LogP contribution >= 0.6 is 11.8 Å². The first-order valence-corrected chi connectivity index (χ1v) is 7.37. The standard InChI is InChI=1S/C14H14N4OS/c1-9(2)13-17-12(19-18-13)7-20-14-10-5-3-4-6-11(10)15-8-16-14/h3-6,8-9H,7H2,1-2H3. The fourth-order valence-electron chi connectivity index (χ4n) is 1.79. The van der Waals surface area contributed by atoms with E-state index in [9.17, 15) is 0 Å². The van der Waals surface area contributed by atoms with Crippen molar-refractivity contribution in [3.05, 3.63) is 42.3 Å². The van der Waals surface area contributed by atoms with E-state index < -0.39 is 0 Å². The summed E-state index contributed by atoms with van der Waals surface area (Å²) in [5, 5.41) is 5.93. The van der Waals surface area contributed by atoms with Gasteiger partial charge in [-0.1, -0.05) is 49.0 Å². The average Bonchev–Trinajstić information content (AvgIpc) is 2.94. The normalized spacial score (nSPS) is 11.3. The van der Waals surface area contributed by atoms with Crippen molar-refractivity contribution < 1.29 is 4.52 Å². The fraction of sp³-hybridized carbons (Fsp3) is 0.286. The molecule has 3 aromatic rings. The Morgan fingerprint density at radius 3 is 2.85 bits per heavy atom. The summed E-state index contributed by atoms with van der Waals surface area (Å²) in [7, 11) is 0. The lowest BCUT2D eigenvalue weighted by Gasteiger charge is -2.02. The molecular formula is C14H14N4OS. The molecule has 0 spiro atoms. The molecular weight excluding hydrogens is 272 g/mol. The first kappa shape index (κ1) is 13.1. The van der Waals surface area contributed by atoms with Gasteiger partial charge in [0.2, 0.25) is 5.89 Å². The number of hydrogen-bond acceptors (Lipinski definition) is 6. The van der Waals surface area contributed by atoms with Gasteiger partial charge in [0.15, 0.2) is 5.82 Å². The molecule has 0 aliphatic heterocycles. The smallest absolute Gasteiger partial charge is 0.237 e. The number of para-hydroxylation sites is 1. The van der Waals surface area contributed by atoms with Crippen molar-refractivity contribution in [2.75, 3.05) is 0 Å². The van der Waals surface area contributed by atoms with E-state index in [4.69, 9.17) is 4.52 Å². The van der Waals surface area contributed by atoms with Gasteiger partial charge in [-0.3, -0.25) is 0 Å². The Morgan fingerprint density at radius 1 is 1.20 bits per heavy atom. The second kappa shape index (κ2) is 5.58. The summed E-state index contributed by atoms with van der Waals surface area (Å²) < 4.78 is 5.23. The molecule has 0 amide bonds. The molecule has 2 heterocycles. The highest BCUT2D eigenvalue weighted by Crippen LogP contribution is 2.26. The average molecular weight is 286 g/mol. The van der Waals surface area contributed by atoms with Gasteiger partial charge in [-0.25, -0.2) is 9.97 Å². The van der Waals surface area contributed by atoms with Crippen molar-refractivity contribution in [2.24, 2.45) is 0 Å². The molecule has 6 heteroatoms. The van der Waals surface area contributed by atoms with Crippen molar-refractivity contribution in [3.63, 3.8) is 0 Å². The molecule has 0 aliphatic rings. The van der Waals surface area contributed by atoms with Crippen LogP contribution in [0.3, 0.4) is 0 Å². The molecule has 0 radical (unpaired) electrons. The molecule has 0 unspecified atom stereocenters. The Labute approximate surface area is 120 Å². The summed E-state index contributed by atoms with van der Waals surface area (Å²) in [5.74, 6) is 2.26. The minimum Gasteiger partial charge on any atom is -0.338 e. The van der Waals surface area contributed by atoms with Crippen molar-refractivity contribution in [1.29, 1.82) is 0 Å². The highest BCUT2D eigenvalue weighted by molar-refractivity contribution is 7.98. The molecule has 0 bridgehead atoms. The van der Waals surface area contributed by atoms with E-state index in [-0.39, 0.29) is 5.92 Å². The van der Waals surface area contributed by atoms with Crippen LogP contribution in [-0.2, 0) is 5.75 Å². The molecule has 20 heavy (non-hydrogen) atoms. The molecule has 1 aromatic carbocycles. The molecule has 0 aliphatic carbocycles. The predicted octanol–water partition coefficient (Wildman–Crippen LogP) is 3.43. The molecule has 0 atom stereocenters. The van der Waals surface area contributed by atoms with E-state index in [2.05, 4.69) is 20.1 Å². The summed E-state index contributed by atoms with van der Waals surface area (Å²) >= 11 is 1.58. The van der Waals surface area contributed by atoms with Gasteiger partial charge < -0.3 is 4.52 Å². The van der Waals surface area contributed by atoms with E-state index in [1.807, 2.05) is 38.1 Å². The van der Waals surface area contributed by atoms with Crippen LogP contribution in [0.4, 0.5) is 0 Å². The van der Waals surface area contributed by atoms with Crippen LogP contribution in [0, 0.1) is 0 Å². The van der Waals surface area contributed by atoms with Gasteiger partial charge in [0.05, 0.1) is 11.3 Å². The van der Waals surface area contributed by atoms with E-state index in [0.29, 0.717) is 11.6 Å². The molecule has 2 aromatic heterocycles. The van der Waals surface area contributed by atoms with Gasteiger partial charge >= 0.3 is 0 Å². The zero-order chi connectivity index (χ0) is 13.9. The van der Waals surface area contributed by atoms with Crippen LogP contribution in [-0.4, -0.2) is 20.1 Å². The van der Waals surface area contributed by atoms with E-state index in [1.165, 1.54) is 0 Å². The summed E-state index contributed by atoms with van der Waals surface area (Å²) in [6.07, 6.45) is 1.58. The molecule has 3 rings (SSSR count). The maximum Gasteiger partial charge on any atom is 0.237 e. The zero-order valence-corrected chi connectivity index (χ0v) is 12.1. The van der Waals surface area contributed by atoms with Crippen LogP contribution in [0.2, 0.25) is 0 Å². The number of thioether (sulfide) groups is 1. The van der Waals surface area contributed by atoms with Gasteiger partial charge in [0.1, 0.15) is 11.4 Å². The summed E-state index contributed by atoms with van der Waals surface area (Å²) in [6, 6.07) is 7.95. The quantitative estimate of drug-likeness (QED) is 0.541. The predicted molar refractivity (Wildman–Crippen MR) is 77.5 cm³/mol. The minimum absolute atomic E-state index is 0.275. The zero-order valence-electron chi connectivity index (χ0n) is 11.3. The maximum atomic E-state index is 5.23. The van der Waals surface area contributed by atoms with Crippen molar-refractivity contribution in [3.8, 4) is 0 Å². The van der Waals surface area contributed by atoms with Crippen LogP contribution in [0.1, 0.15) is 31.5 Å². The topological polar surface area (TPSA) is 64.7 Å². The number of hydrogen-bond donors (Lipinski definition) is 0. The van der Waals surface area contributed by atoms with Crippen molar-refractivity contribution in [2.45, 2.75) is 30.5 Å². The summed E-state index contributed by atoms with van der Waals surface area (Å²) in [6.45, 7) is 4.08. The van der Waals surface area contributed by atoms with E-state index in [0.717, 1.165) is 21.8 Å². The number of aromatic nitrogens is 4. The first-order valence-electron chi connectivity index (χ1n) is 6.39. The van der Waals surface area contributed by atoms with Gasteiger partial charge in [-0.15, -0.1) is 0 Å². The SMILES string of the molecule is CC(C)c1noc(CSc2ncnc3ccccc23)n1. The molecule has 5 nitrogen and oxygen atoms in total. The number of benzene rings is 1. The van der Waals surface area contributed by atoms with Crippen molar-refractivity contribution >= 4 is 22.7 Å². The van der Waals surface area contributed by atoms with Crippen LogP contribution in [0.25, 0.3) is 10.9 Å². The van der Waals surface area contributed by atoms with Crippen LogP contribution in [0.5, 0.6) is 0 Å². The Hall–Kier alpha value is -1.95. The minimum atomic E-state index is 0.275. The lowest BCUT2D eigenvalue weighted by molar-refractivity contribution is 0.383. The van der Waals surface area contributed by atoms with Gasteiger partial charge in [-0.2, -0.15) is 4.98 Å². The second-order valence-corrected chi connectivity index (χ2v) is 5.65. The van der Waals surface area contributed by atoms with E-state index >= 15 is 0 Å². The Morgan fingerprint density at radius 2 is 2.05 bits per heavy atom. The van der Waals surface area contributed by atoms with E-state index in [1.54, 1.807) is 18.1 Å².